The predicted octanol–water partition coefficient (Wildman–Crippen LogP) is 1.64. The number of nitrogens with one attached hydrogen (secondary N) is 3. The average molecular weight is 338 g/mol. The fraction of sp³-hybridized carbons (Fsp3) is 0.389. The van der Waals surface area contributed by atoms with Crippen LogP contribution < -0.4 is 5.32 Å². The number of aryl methyl sites for hydroxylation is 1. The predicted molar refractivity (Wildman–Crippen MR) is 95.4 cm³/mol. The van der Waals surface area contributed by atoms with E-state index in [0.29, 0.717) is 18.8 Å². The molecule has 7 heteroatoms. The molecule has 0 fully saturated rings. The van der Waals surface area contributed by atoms with Gasteiger partial charge in [-0.1, -0.05) is 12.1 Å². The van der Waals surface area contributed by atoms with Crippen molar-refractivity contribution in [2.45, 2.75) is 25.8 Å². The SMILES string of the molecule is CN(CCCc1nc2ccccc2[nH]1)C(=O)c1n[nH]c2c1CNCC2. The fourth-order valence-corrected chi connectivity index (χ4v) is 3.29. The Morgan fingerprint density at radius 3 is 3.08 bits per heavy atom. The van der Waals surface area contributed by atoms with E-state index >= 15 is 0 Å². The molecule has 0 saturated carbocycles. The summed E-state index contributed by atoms with van der Waals surface area (Å²) in [6.45, 7) is 2.31. The van der Waals surface area contributed by atoms with Crippen molar-refractivity contribution in [2.24, 2.45) is 0 Å². The monoisotopic (exact) mass is 338 g/mol. The van der Waals surface area contributed by atoms with Crippen molar-refractivity contribution in [3.8, 4) is 0 Å². The molecule has 3 N–H and O–H groups in total. The van der Waals surface area contributed by atoms with Crippen molar-refractivity contribution in [2.75, 3.05) is 20.1 Å². The summed E-state index contributed by atoms with van der Waals surface area (Å²) >= 11 is 0. The molecular formula is C18H22N6O. The van der Waals surface area contributed by atoms with Crippen LogP contribution in [0, 0.1) is 0 Å². The molecule has 0 bridgehead atoms. The van der Waals surface area contributed by atoms with Crippen LogP contribution in [0.5, 0.6) is 0 Å². The number of aromatic amines is 2. The maximum atomic E-state index is 12.7. The summed E-state index contributed by atoms with van der Waals surface area (Å²) in [6.07, 6.45) is 2.56. The average Bonchev–Trinajstić information content (AvgIpc) is 3.24. The maximum absolute atomic E-state index is 12.7. The van der Waals surface area contributed by atoms with Crippen molar-refractivity contribution < 1.29 is 4.79 Å². The molecule has 0 aliphatic carbocycles. The van der Waals surface area contributed by atoms with Gasteiger partial charge in [0.25, 0.3) is 5.91 Å². The van der Waals surface area contributed by atoms with Crippen molar-refractivity contribution in [3.05, 3.63) is 47.0 Å². The molecule has 1 aromatic carbocycles. The molecule has 1 aliphatic rings. The summed E-state index contributed by atoms with van der Waals surface area (Å²) in [5.74, 6) is 0.939. The molecule has 1 amide bonds. The molecule has 130 valence electrons. The van der Waals surface area contributed by atoms with Crippen LogP contribution in [-0.4, -0.2) is 51.1 Å². The molecular weight excluding hydrogens is 316 g/mol. The molecule has 3 heterocycles. The van der Waals surface area contributed by atoms with Gasteiger partial charge < -0.3 is 15.2 Å². The van der Waals surface area contributed by atoms with Gasteiger partial charge in [0.1, 0.15) is 5.82 Å². The highest BCUT2D eigenvalue weighted by Crippen LogP contribution is 2.17. The summed E-state index contributed by atoms with van der Waals surface area (Å²) in [7, 11) is 1.83. The lowest BCUT2D eigenvalue weighted by molar-refractivity contribution is 0.0786. The maximum Gasteiger partial charge on any atom is 0.274 e. The second-order valence-electron chi connectivity index (χ2n) is 6.49. The van der Waals surface area contributed by atoms with Gasteiger partial charge in [0, 0.05) is 50.8 Å². The van der Waals surface area contributed by atoms with Gasteiger partial charge in [-0.15, -0.1) is 0 Å². The molecule has 7 nitrogen and oxygen atoms in total. The van der Waals surface area contributed by atoms with Crippen LogP contribution in [0.15, 0.2) is 24.3 Å². The fourth-order valence-electron chi connectivity index (χ4n) is 3.29. The van der Waals surface area contributed by atoms with E-state index in [0.717, 1.165) is 53.9 Å². The van der Waals surface area contributed by atoms with Gasteiger partial charge in [-0.2, -0.15) is 5.10 Å². The molecule has 0 unspecified atom stereocenters. The standard InChI is InChI=1S/C18H22N6O/c1-24(18(25)17-12-11-19-9-8-13(12)22-23-17)10-4-7-16-20-14-5-2-3-6-15(14)21-16/h2-3,5-6,19H,4,7-11H2,1H3,(H,20,21)(H,22,23). The number of nitrogens with zero attached hydrogens (tertiary/aromatic N) is 3. The van der Waals surface area contributed by atoms with Crippen LogP contribution in [0.2, 0.25) is 0 Å². The highest BCUT2D eigenvalue weighted by Gasteiger charge is 2.23. The lowest BCUT2D eigenvalue weighted by Crippen LogP contribution is -2.31. The number of carbonyl (C=O) groups excluding carboxylic acids is 1. The number of hydrogen-bond donors (Lipinski definition) is 3. The molecule has 0 atom stereocenters. The minimum atomic E-state index is -0.0224. The van der Waals surface area contributed by atoms with E-state index in [1.165, 1.54) is 0 Å². The van der Waals surface area contributed by atoms with Gasteiger partial charge in [-0.25, -0.2) is 4.98 Å². The molecule has 2 aromatic heterocycles. The third kappa shape index (κ3) is 3.15. The summed E-state index contributed by atoms with van der Waals surface area (Å²) in [4.78, 5) is 22.3. The van der Waals surface area contributed by atoms with Crippen molar-refractivity contribution in [1.29, 1.82) is 0 Å². The van der Waals surface area contributed by atoms with E-state index in [2.05, 4.69) is 25.5 Å². The van der Waals surface area contributed by atoms with Gasteiger partial charge in [-0.3, -0.25) is 9.89 Å². The first-order chi connectivity index (χ1) is 12.2. The Hall–Kier alpha value is -2.67. The first-order valence-electron chi connectivity index (χ1n) is 8.68. The third-order valence-corrected chi connectivity index (χ3v) is 4.70. The quantitative estimate of drug-likeness (QED) is 0.660. The smallest absolute Gasteiger partial charge is 0.274 e. The molecule has 0 saturated heterocycles. The number of benzene rings is 1. The van der Waals surface area contributed by atoms with Gasteiger partial charge in [0.2, 0.25) is 0 Å². The Kier molecular flexibility index (Phi) is 4.23. The van der Waals surface area contributed by atoms with Gasteiger partial charge in [0.05, 0.1) is 11.0 Å². The summed E-state index contributed by atoms with van der Waals surface area (Å²) < 4.78 is 0. The van der Waals surface area contributed by atoms with Crippen molar-refractivity contribution >= 4 is 16.9 Å². The van der Waals surface area contributed by atoms with Crippen LogP contribution in [-0.2, 0) is 19.4 Å². The summed E-state index contributed by atoms with van der Waals surface area (Å²) in [5, 5.41) is 10.5. The molecule has 25 heavy (non-hydrogen) atoms. The Bertz CT molecular complexity index is 863. The third-order valence-electron chi connectivity index (χ3n) is 4.70. The van der Waals surface area contributed by atoms with Crippen LogP contribution in [0.4, 0.5) is 0 Å². The number of carbonyl (C=O) groups is 1. The van der Waals surface area contributed by atoms with Crippen LogP contribution >= 0.6 is 0 Å². The first-order valence-corrected chi connectivity index (χ1v) is 8.68. The highest BCUT2D eigenvalue weighted by atomic mass is 16.2. The molecule has 3 aromatic rings. The molecule has 4 rings (SSSR count). The number of imidazole rings is 1. The zero-order chi connectivity index (χ0) is 17.2. The topological polar surface area (TPSA) is 89.7 Å². The Morgan fingerprint density at radius 2 is 2.20 bits per heavy atom. The van der Waals surface area contributed by atoms with E-state index in [1.807, 2.05) is 31.3 Å². The van der Waals surface area contributed by atoms with E-state index in [9.17, 15) is 4.79 Å². The first kappa shape index (κ1) is 15.8. The second kappa shape index (κ2) is 6.68. The molecule has 0 radical (unpaired) electrons. The van der Waals surface area contributed by atoms with Crippen molar-refractivity contribution in [3.63, 3.8) is 0 Å². The van der Waals surface area contributed by atoms with Crippen LogP contribution in [0.1, 0.15) is 34.0 Å². The highest BCUT2D eigenvalue weighted by molar-refractivity contribution is 5.93. The summed E-state index contributed by atoms with van der Waals surface area (Å²) in [5.41, 5.74) is 4.68. The Labute approximate surface area is 145 Å². The van der Waals surface area contributed by atoms with E-state index < -0.39 is 0 Å². The largest absolute Gasteiger partial charge is 0.342 e. The van der Waals surface area contributed by atoms with Gasteiger partial charge in [-0.05, 0) is 18.6 Å². The van der Waals surface area contributed by atoms with E-state index in [1.54, 1.807) is 4.90 Å². The minimum absolute atomic E-state index is 0.0224. The number of H-pyrrole nitrogens is 2. The Morgan fingerprint density at radius 1 is 1.32 bits per heavy atom. The number of aromatic nitrogens is 4. The lowest BCUT2D eigenvalue weighted by atomic mass is 10.1. The molecule has 1 aliphatic heterocycles. The Balaban J connectivity index is 1.36. The van der Waals surface area contributed by atoms with E-state index in [4.69, 9.17) is 0 Å². The summed E-state index contributed by atoms with van der Waals surface area (Å²) in [6, 6.07) is 8.00. The zero-order valence-corrected chi connectivity index (χ0v) is 14.3. The van der Waals surface area contributed by atoms with Gasteiger partial charge in [0.15, 0.2) is 5.69 Å². The number of amides is 1. The minimum Gasteiger partial charge on any atom is -0.342 e. The second-order valence-corrected chi connectivity index (χ2v) is 6.49. The molecule has 0 spiro atoms. The number of para-hydroxylation sites is 2. The number of fused-ring (bicyclic) bond motifs is 2. The van der Waals surface area contributed by atoms with Crippen LogP contribution in [0.3, 0.4) is 0 Å². The normalized spacial score (nSPS) is 13.8. The van der Waals surface area contributed by atoms with Gasteiger partial charge >= 0.3 is 0 Å². The zero-order valence-electron chi connectivity index (χ0n) is 14.3. The number of rotatable bonds is 5. The van der Waals surface area contributed by atoms with Crippen LogP contribution in [0.25, 0.3) is 11.0 Å². The van der Waals surface area contributed by atoms with Crippen molar-refractivity contribution in [1.82, 2.24) is 30.4 Å². The van der Waals surface area contributed by atoms with E-state index in [-0.39, 0.29) is 5.91 Å². The number of hydrogen-bond acceptors (Lipinski definition) is 4. The lowest BCUT2D eigenvalue weighted by Gasteiger charge is -2.18.